The molecule has 0 aliphatic rings. The summed E-state index contributed by atoms with van der Waals surface area (Å²) in [6.07, 6.45) is 1.70. The van der Waals surface area contributed by atoms with E-state index in [9.17, 15) is 0 Å². The highest BCUT2D eigenvalue weighted by Crippen LogP contribution is 2.20. The highest BCUT2D eigenvalue weighted by Gasteiger charge is 2.03. The molecule has 4 heteroatoms. The van der Waals surface area contributed by atoms with Gasteiger partial charge in [-0.2, -0.15) is 0 Å². The van der Waals surface area contributed by atoms with E-state index in [4.69, 9.17) is 4.74 Å². The molecule has 2 rings (SSSR count). The molecular formula is C14H17N3O. The molecule has 0 saturated heterocycles. The van der Waals surface area contributed by atoms with Crippen LogP contribution in [0.25, 0.3) is 0 Å². The van der Waals surface area contributed by atoms with Crippen molar-refractivity contribution in [3.05, 3.63) is 47.4 Å². The summed E-state index contributed by atoms with van der Waals surface area (Å²) in [5.74, 6) is 1.30. The molecule has 1 N–H and O–H groups in total. The fourth-order valence-corrected chi connectivity index (χ4v) is 1.64. The Kier molecular flexibility index (Phi) is 3.89. The molecule has 0 fully saturated rings. The normalized spacial score (nSPS) is 10.4. The minimum atomic E-state index is 0.595. The van der Waals surface area contributed by atoms with Crippen molar-refractivity contribution in [2.45, 2.75) is 20.4 Å². The van der Waals surface area contributed by atoms with Crippen molar-refractivity contribution < 1.29 is 4.74 Å². The van der Waals surface area contributed by atoms with Gasteiger partial charge in [-0.05, 0) is 38.6 Å². The standard InChI is InChI=1S/C14H17N3O/c1-10-4-6-13(9-16-10)18-14-7-5-12(8-15-3)11(2)17-14/h4-7,9,15H,8H2,1-3H3. The smallest absolute Gasteiger partial charge is 0.219 e. The summed E-state index contributed by atoms with van der Waals surface area (Å²) < 4.78 is 5.65. The summed E-state index contributed by atoms with van der Waals surface area (Å²) in [6.45, 7) is 4.73. The van der Waals surface area contributed by atoms with E-state index in [2.05, 4.69) is 15.3 Å². The number of aromatic nitrogens is 2. The summed E-state index contributed by atoms with van der Waals surface area (Å²) in [6, 6.07) is 7.70. The highest BCUT2D eigenvalue weighted by atomic mass is 16.5. The SMILES string of the molecule is CNCc1ccc(Oc2ccc(C)nc2)nc1C. The summed E-state index contributed by atoms with van der Waals surface area (Å²) in [5, 5.41) is 3.11. The highest BCUT2D eigenvalue weighted by molar-refractivity contribution is 5.29. The predicted octanol–water partition coefficient (Wildman–Crippen LogP) is 2.61. The number of ether oxygens (including phenoxy) is 1. The first-order chi connectivity index (χ1) is 8.69. The molecule has 2 heterocycles. The van der Waals surface area contributed by atoms with Crippen molar-refractivity contribution in [2.24, 2.45) is 0 Å². The zero-order chi connectivity index (χ0) is 13.0. The molecule has 0 unspecified atom stereocenters. The number of nitrogens with one attached hydrogen (secondary N) is 1. The molecule has 2 aromatic heterocycles. The van der Waals surface area contributed by atoms with E-state index in [0.29, 0.717) is 11.6 Å². The predicted molar refractivity (Wildman–Crippen MR) is 70.8 cm³/mol. The summed E-state index contributed by atoms with van der Waals surface area (Å²) in [5.41, 5.74) is 3.12. The second kappa shape index (κ2) is 5.60. The van der Waals surface area contributed by atoms with Gasteiger partial charge in [0.2, 0.25) is 5.88 Å². The van der Waals surface area contributed by atoms with Gasteiger partial charge in [-0.25, -0.2) is 4.98 Å². The van der Waals surface area contributed by atoms with Gasteiger partial charge in [0.1, 0.15) is 5.75 Å². The lowest BCUT2D eigenvalue weighted by atomic mass is 10.2. The van der Waals surface area contributed by atoms with E-state index in [1.165, 1.54) is 5.56 Å². The topological polar surface area (TPSA) is 47.0 Å². The fourth-order valence-electron chi connectivity index (χ4n) is 1.64. The van der Waals surface area contributed by atoms with Crippen molar-refractivity contribution in [2.75, 3.05) is 7.05 Å². The van der Waals surface area contributed by atoms with Crippen LogP contribution in [0.3, 0.4) is 0 Å². The molecule has 0 aliphatic heterocycles. The van der Waals surface area contributed by atoms with Crippen LogP contribution in [0.4, 0.5) is 0 Å². The van der Waals surface area contributed by atoms with E-state index in [1.54, 1.807) is 6.20 Å². The van der Waals surface area contributed by atoms with Crippen LogP contribution in [0.5, 0.6) is 11.6 Å². The minimum absolute atomic E-state index is 0.595. The van der Waals surface area contributed by atoms with Crippen molar-refractivity contribution in [3.8, 4) is 11.6 Å². The Labute approximate surface area is 107 Å². The number of rotatable bonds is 4. The number of hydrogen-bond acceptors (Lipinski definition) is 4. The molecule has 0 aromatic carbocycles. The number of aryl methyl sites for hydroxylation is 2. The van der Waals surface area contributed by atoms with Crippen molar-refractivity contribution in [3.63, 3.8) is 0 Å². The van der Waals surface area contributed by atoms with Crippen molar-refractivity contribution >= 4 is 0 Å². The van der Waals surface area contributed by atoms with Crippen LogP contribution in [-0.2, 0) is 6.54 Å². The quantitative estimate of drug-likeness (QED) is 0.896. The van der Waals surface area contributed by atoms with Gasteiger partial charge in [-0.15, -0.1) is 0 Å². The summed E-state index contributed by atoms with van der Waals surface area (Å²) in [4.78, 5) is 8.60. The first-order valence-electron chi connectivity index (χ1n) is 5.90. The first kappa shape index (κ1) is 12.5. The van der Waals surface area contributed by atoms with Crippen LogP contribution < -0.4 is 10.1 Å². The second-order valence-electron chi connectivity index (χ2n) is 4.16. The fraction of sp³-hybridized carbons (Fsp3) is 0.286. The molecule has 18 heavy (non-hydrogen) atoms. The number of nitrogens with zero attached hydrogens (tertiary/aromatic N) is 2. The van der Waals surface area contributed by atoms with Crippen molar-refractivity contribution in [1.29, 1.82) is 0 Å². The van der Waals surface area contributed by atoms with E-state index in [-0.39, 0.29) is 0 Å². The lowest BCUT2D eigenvalue weighted by molar-refractivity contribution is 0.458. The average Bonchev–Trinajstić information content (AvgIpc) is 2.36. The van der Waals surface area contributed by atoms with Gasteiger partial charge in [0, 0.05) is 24.0 Å². The molecule has 0 spiro atoms. The van der Waals surface area contributed by atoms with Crippen LogP contribution in [0.15, 0.2) is 30.5 Å². The number of pyridine rings is 2. The van der Waals surface area contributed by atoms with E-state index in [0.717, 1.165) is 17.9 Å². The first-order valence-corrected chi connectivity index (χ1v) is 5.90. The molecule has 94 valence electrons. The Morgan fingerprint density at radius 2 is 2.00 bits per heavy atom. The van der Waals surface area contributed by atoms with Gasteiger partial charge in [-0.1, -0.05) is 6.07 Å². The Morgan fingerprint density at radius 3 is 2.61 bits per heavy atom. The van der Waals surface area contributed by atoms with Gasteiger partial charge in [-0.3, -0.25) is 4.98 Å². The van der Waals surface area contributed by atoms with Crippen LogP contribution in [-0.4, -0.2) is 17.0 Å². The zero-order valence-corrected chi connectivity index (χ0v) is 10.9. The van der Waals surface area contributed by atoms with E-state index in [1.807, 2.05) is 45.2 Å². The summed E-state index contributed by atoms with van der Waals surface area (Å²) in [7, 11) is 1.92. The van der Waals surface area contributed by atoms with Gasteiger partial charge in [0.15, 0.2) is 0 Å². The lowest BCUT2D eigenvalue weighted by Gasteiger charge is -2.08. The van der Waals surface area contributed by atoms with Gasteiger partial charge < -0.3 is 10.1 Å². The van der Waals surface area contributed by atoms with Crippen molar-refractivity contribution in [1.82, 2.24) is 15.3 Å². The minimum Gasteiger partial charge on any atom is -0.437 e. The Hall–Kier alpha value is -1.94. The molecule has 0 aliphatic carbocycles. The maximum absolute atomic E-state index is 5.65. The third-order valence-corrected chi connectivity index (χ3v) is 2.64. The largest absolute Gasteiger partial charge is 0.437 e. The summed E-state index contributed by atoms with van der Waals surface area (Å²) >= 11 is 0. The Morgan fingerprint density at radius 1 is 1.17 bits per heavy atom. The maximum atomic E-state index is 5.65. The maximum Gasteiger partial charge on any atom is 0.219 e. The molecule has 0 bridgehead atoms. The molecule has 4 nitrogen and oxygen atoms in total. The second-order valence-corrected chi connectivity index (χ2v) is 4.16. The third-order valence-electron chi connectivity index (χ3n) is 2.64. The Balaban J connectivity index is 2.14. The zero-order valence-electron chi connectivity index (χ0n) is 10.9. The third kappa shape index (κ3) is 3.05. The molecule has 0 saturated carbocycles. The molecule has 2 aromatic rings. The van der Waals surface area contributed by atoms with E-state index >= 15 is 0 Å². The van der Waals surface area contributed by atoms with Crippen LogP contribution >= 0.6 is 0 Å². The van der Waals surface area contributed by atoms with Gasteiger partial charge in [0.05, 0.1) is 6.20 Å². The molecule has 0 amide bonds. The Bertz CT molecular complexity index is 523. The van der Waals surface area contributed by atoms with Crippen LogP contribution in [0.1, 0.15) is 17.0 Å². The monoisotopic (exact) mass is 243 g/mol. The lowest BCUT2D eigenvalue weighted by Crippen LogP contribution is -2.07. The average molecular weight is 243 g/mol. The van der Waals surface area contributed by atoms with Crippen LogP contribution in [0, 0.1) is 13.8 Å². The molecule has 0 atom stereocenters. The van der Waals surface area contributed by atoms with E-state index < -0.39 is 0 Å². The van der Waals surface area contributed by atoms with Gasteiger partial charge >= 0.3 is 0 Å². The molecule has 0 radical (unpaired) electrons. The van der Waals surface area contributed by atoms with Gasteiger partial charge in [0.25, 0.3) is 0 Å². The van der Waals surface area contributed by atoms with Crippen LogP contribution in [0.2, 0.25) is 0 Å². The molecular weight excluding hydrogens is 226 g/mol. The number of hydrogen-bond donors (Lipinski definition) is 1.